The molecule has 0 aromatic heterocycles. The van der Waals surface area contributed by atoms with Gasteiger partial charge in [-0.3, -0.25) is 4.57 Å². The van der Waals surface area contributed by atoms with Crippen molar-refractivity contribution in [3.05, 3.63) is 0 Å². The first kappa shape index (κ1) is 10.2. The van der Waals surface area contributed by atoms with Gasteiger partial charge in [-0.25, -0.2) is 0 Å². The van der Waals surface area contributed by atoms with Crippen LogP contribution < -0.4 is 0 Å². The van der Waals surface area contributed by atoms with Crippen molar-refractivity contribution in [3.63, 3.8) is 0 Å². The van der Waals surface area contributed by atoms with E-state index in [-0.39, 0.29) is 5.54 Å². The topological polar surface area (TPSA) is 21.7 Å². The zero-order valence-electron chi connectivity index (χ0n) is 8.68. The van der Waals surface area contributed by atoms with E-state index in [0.717, 1.165) is 13.2 Å². The average molecular weight is 189 g/mol. The second-order valence-corrected chi connectivity index (χ2v) is 7.31. The van der Waals surface area contributed by atoms with Crippen LogP contribution in [-0.2, 0) is 8.85 Å². The molecule has 1 rings (SSSR count). The number of nitrogens with zero attached hydrogens (tertiary/aromatic N) is 1. The quantitative estimate of drug-likeness (QED) is 0.581. The Morgan fingerprint density at radius 2 is 2.00 bits per heavy atom. The van der Waals surface area contributed by atoms with E-state index in [0.29, 0.717) is 0 Å². The van der Waals surface area contributed by atoms with Gasteiger partial charge in [0.05, 0.1) is 0 Å². The van der Waals surface area contributed by atoms with Gasteiger partial charge in [0, 0.05) is 25.8 Å². The fourth-order valence-electron chi connectivity index (χ4n) is 1.72. The van der Waals surface area contributed by atoms with Crippen molar-refractivity contribution in [2.75, 3.05) is 20.3 Å². The molecule has 1 fully saturated rings. The standard InChI is InChI=1S/C8H19NO2Si/c1-8(2,3)9-6-7-11-12(9,5)10-4/h6-7H2,1-5H3. The van der Waals surface area contributed by atoms with Gasteiger partial charge in [0.15, 0.2) is 0 Å². The molecule has 1 aliphatic rings. The molecule has 3 nitrogen and oxygen atoms in total. The van der Waals surface area contributed by atoms with E-state index in [9.17, 15) is 0 Å². The predicted molar refractivity (Wildman–Crippen MR) is 51.0 cm³/mol. The lowest BCUT2D eigenvalue weighted by Crippen LogP contribution is -2.57. The highest BCUT2D eigenvalue weighted by molar-refractivity contribution is 6.63. The molecule has 1 heterocycles. The van der Waals surface area contributed by atoms with Gasteiger partial charge in [-0.2, -0.15) is 0 Å². The maximum atomic E-state index is 5.67. The van der Waals surface area contributed by atoms with Gasteiger partial charge in [-0.1, -0.05) is 0 Å². The molecular weight excluding hydrogens is 170 g/mol. The summed E-state index contributed by atoms with van der Waals surface area (Å²) < 4.78 is 13.5. The summed E-state index contributed by atoms with van der Waals surface area (Å²) in [4.78, 5) is 0. The Hall–Kier alpha value is 0.0969. The van der Waals surface area contributed by atoms with E-state index >= 15 is 0 Å². The average Bonchev–Trinajstić information content (AvgIpc) is 2.31. The van der Waals surface area contributed by atoms with Crippen LogP contribution in [0.4, 0.5) is 0 Å². The Balaban J connectivity index is 2.77. The van der Waals surface area contributed by atoms with Gasteiger partial charge < -0.3 is 8.85 Å². The maximum Gasteiger partial charge on any atom is 0.424 e. The molecule has 1 saturated heterocycles. The highest BCUT2D eigenvalue weighted by Crippen LogP contribution is 2.27. The van der Waals surface area contributed by atoms with Crippen LogP contribution in [-0.4, -0.2) is 39.1 Å². The van der Waals surface area contributed by atoms with Gasteiger partial charge in [-0.05, 0) is 27.3 Å². The van der Waals surface area contributed by atoms with E-state index in [2.05, 4.69) is 31.9 Å². The first-order valence-corrected chi connectivity index (χ1v) is 6.63. The third-order valence-corrected chi connectivity index (χ3v) is 5.74. The van der Waals surface area contributed by atoms with Crippen LogP contribution in [0.1, 0.15) is 20.8 Å². The van der Waals surface area contributed by atoms with Crippen LogP contribution >= 0.6 is 0 Å². The molecule has 0 amide bonds. The summed E-state index contributed by atoms with van der Waals surface area (Å²) >= 11 is 0. The zero-order chi connectivity index (χ0) is 9.41. The number of hydrogen-bond donors (Lipinski definition) is 0. The predicted octanol–water partition coefficient (Wildman–Crippen LogP) is 1.33. The van der Waals surface area contributed by atoms with E-state index in [1.54, 1.807) is 7.11 Å². The molecule has 1 unspecified atom stereocenters. The highest BCUT2D eigenvalue weighted by atomic mass is 28.4. The number of rotatable bonds is 1. The van der Waals surface area contributed by atoms with Crippen molar-refractivity contribution >= 4 is 8.72 Å². The van der Waals surface area contributed by atoms with Crippen molar-refractivity contribution in [2.24, 2.45) is 0 Å². The Morgan fingerprint density at radius 1 is 1.42 bits per heavy atom. The lowest BCUT2D eigenvalue weighted by Gasteiger charge is -2.38. The monoisotopic (exact) mass is 189 g/mol. The molecule has 12 heavy (non-hydrogen) atoms. The van der Waals surface area contributed by atoms with Crippen molar-refractivity contribution < 1.29 is 8.85 Å². The maximum absolute atomic E-state index is 5.67. The summed E-state index contributed by atoms with van der Waals surface area (Å²) in [6.45, 7) is 10.5. The molecule has 0 aromatic rings. The molecule has 0 N–H and O–H groups in total. The summed E-state index contributed by atoms with van der Waals surface area (Å²) in [6.07, 6.45) is 0. The lowest BCUT2D eigenvalue weighted by atomic mass is 10.1. The summed E-state index contributed by atoms with van der Waals surface area (Å²) in [5, 5.41) is 0. The van der Waals surface area contributed by atoms with E-state index in [4.69, 9.17) is 8.85 Å². The Morgan fingerprint density at radius 3 is 2.33 bits per heavy atom. The van der Waals surface area contributed by atoms with Crippen LogP contribution in [0.3, 0.4) is 0 Å². The largest absolute Gasteiger partial charge is 0.424 e. The van der Waals surface area contributed by atoms with Gasteiger partial charge in [0.25, 0.3) is 0 Å². The van der Waals surface area contributed by atoms with Crippen LogP contribution in [0.5, 0.6) is 0 Å². The smallest absolute Gasteiger partial charge is 0.386 e. The van der Waals surface area contributed by atoms with Crippen LogP contribution in [0.25, 0.3) is 0 Å². The fourth-order valence-corrected chi connectivity index (χ4v) is 4.40. The van der Waals surface area contributed by atoms with Gasteiger partial charge >= 0.3 is 8.72 Å². The Labute approximate surface area is 76.0 Å². The molecule has 1 aliphatic heterocycles. The first-order chi connectivity index (χ1) is 5.40. The van der Waals surface area contributed by atoms with Crippen LogP contribution in [0.2, 0.25) is 6.55 Å². The molecule has 0 bridgehead atoms. The first-order valence-electron chi connectivity index (χ1n) is 4.37. The minimum absolute atomic E-state index is 0.160. The molecular formula is C8H19NO2Si. The van der Waals surface area contributed by atoms with Crippen molar-refractivity contribution in [1.82, 2.24) is 4.57 Å². The molecule has 1 atom stereocenters. The van der Waals surface area contributed by atoms with Gasteiger partial charge in [-0.15, -0.1) is 0 Å². The molecule has 0 saturated carbocycles. The fraction of sp³-hybridized carbons (Fsp3) is 1.00. The zero-order valence-corrected chi connectivity index (χ0v) is 9.68. The van der Waals surface area contributed by atoms with E-state index in [1.165, 1.54) is 0 Å². The molecule has 72 valence electrons. The minimum atomic E-state index is -1.99. The second-order valence-electron chi connectivity index (χ2n) is 4.27. The molecule has 0 spiro atoms. The summed E-state index contributed by atoms with van der Waals surface area (Å²) in [7, 11) is -0.245. The van der Waals surface area contributed by atoms with Crippen molar-refractivity contribution in [1.29, 1.82) is 0 Å². The SMILES string of the molecule is CO[Si]1(C)OCCN1C(C)(C)C. The van der Waals surface area contributed by atoms with Gasteiger partial charge in [0.1, 0.15) is 0 Å². The van der Waals surface area contributed by atoms with E-state index < -0.39 is 8.72 Å². The Kier molecular flexibility index (Phi) is 2.63. The van der Waals surface area contributed by atoms with Crippen LogP contribution in [0.15, 0.2) is 0 Å². The molecule has 4 heteroatoms. The normalized spacial score (nSPS) is 32.8. The molecule has 0 radical (unpaired) electrons. The second kappa shape index (κ2) is 3.10. The van der Waals surface area contributed by atoms with Crippen molar-refractivity contribution in [2.45, 2.75) is 32.9 Å². The summed E-state index contributed by atoms with van der Waals surface area (Å²) in [5.41, 5.74) is 0.160. The molecule has 0 aromatic carbocycles. The summed E-state index contributed by atoms with van der Waals surface area (Å²) in [6, 6.07) is 0. The van der Waals surface area contributed by atoms with Crippen molar-refractivity contribution in [3.8, 4) is 0 Å². The van der Waals surface area contributed by atoms with Gasteiger partial charge in [0.2, 0.25) is 0 Å². The van der Waals surface area contributed by atoms with Crippen LogP contribution in [0, 0.1) is 0 Å². The Bertz CT molecular complexity index is 169. The minimum Gasteiger partial charge on any atom is -0.386 e. The third kappa shape index (κ3) is 1.71. The lowest BCUT2D eigenvalue weighted by molar-refractivity contribution is 0.176. The third-order valence-electron chi connectivity index (χ3n) is 2.36. The molecule has 0 aliphatic carbocycles. The summed E-state index contributed by atoms with van der Waals surface area (Å²) in [5.74, 6) is 0. The highest BCUT2D eigenvalue weighted by Gasteiger charge is 2.48. The van der Waals surface area contributed by atoms with E-state index in [1.807, 2.05) is 0 Å². The number of hydrogen-bond acceptors (Lipinski definition) is 3.